The average Bonchev–Trinajstić information content (AvgIpc) is 3.28. The molecule has 1 aliphatic heterocycles. The first kappa shape index (κ1) is 22.6. The van der Waals surface area contributed by atoms with E-state index in [9.17, 15) is 5.26 Å². The van der Waals surface area contributed by atoms with Gasteiger partial charge in [0.15, 0.2) is 0 Å². The van der Waals surface area contributed by atoms with E-state index in [1.165, 1.54) is 0 Å². The SMILES string of the molecule is Cc1ccc(Nc2ncc(C#N)c(NC3CC(C)(C)N(C)C(C)(C)C3)n2)cc1-n1cnnn1. The Balaban J connectivity index is 1.58. The molecule has 0 saturated carbocycles. The number of anilines is 3. The first-order valence-electron chi connectivity index (χ1n) is 11.0. The second-order valence-electron chi connectivity index (χ2n) is 9.88. The van der Waals surface area contributed by atoms with Crippen molar-refractivity contribution in [3.05, 3.63) is 41.9 Å². The van der Waals surface area contributed by atoms with Gasteiger partial charge in [0.2, 0.25) is 5.95 Å². The number of tetrazole rings is 1. The summed E-state index contributed by atoms with van der Waals surface area (Å²) in [6.07, 6.45) is 4.99. The number of rotatable bonds is 5. The van der Waals surface area contributed by atoms with Crippen LogP contribution >= 0.6 is 0 Å². The van der Waals surface area contributed by atoms with Gasteiger partial charge in [-0.05, 0) is 82.6 Å². The Bertz CT molecular complexity index is 1160. The van der Waals surface area contributed by atoms with Crippen LogP contribution in [0.2, 0.25) is 0 Å². The Morgan fingerprint density at radius 3 is 2.52 bits per heavy atom. The molecule has 4 rings (SSSR count). The van der Waals surface area contributed by atoms with Crippen LogP contribution in [-0.2, 0) is 0 Å². The zero-order valence-corrected chi connectivity index (χ0v) is 20.0. The molecule has 0 amide bonds. The van der Waals surface area contributed by atoms with Crippen LogP contribution in [0.1, 0.15) is 51.7 Å². The van der Waals surface area contributed by atoms with E-state index >= 15 is 0 Å². The average molecular weight is 447 g/mol. The van der Waals surface area contributed by atoms with Crippen LogP contribution in [0.15, 0.2) is 30.7 Å². The number of nitriles is 1. The minimum atomic E-state index is 0.0227. The zero-order chi connectivity index (χ0) is 23.8. The van der Waals surface area contributed by atoms with E-state index in [0.717, 1.165) is 29.8 Å². The number of piperidine rings is 1. The summed E-state index contributed by atoms with van der Waals surface area (Å²) in [5.41, 5.74) is 3.15. The normalized spacial score (nSPS) is 18.0. The first-order valence-corrected chi connectivity index (χ1v) is 11.0. The Kier molecular flexibility index (Phi) is 5.76. The molecule has 0 atom stereocenters. The third kappa shape index (κ3) is 4.64. The molecule has 1 saturated heterocycles. The molecule has 2 N–H and O–H groups in total. The van der Waals surface area contributed by atoms with E-state index in [4.69, 9.17) is 0 Å². The molecular formula is C23H30N10. The Hall–Kier alpha value is -3.58. The number of aromatic nitrogens is 6. The van der Waals surface area contributed by atoms with Gasteiger partial charge in [-0.15, -0.1) is 5.10 Å². The van der Waals surface area contributed by atoms with Crippen molar-refractivity contribution < 1.29 is 0 Å². The molecule has 33 heavy (non-hydrogen) atoms. The summed E-state index contributed by atoms with van der Waals surface area (Å²) in [6, 6.07) is 8.25. The minimum Gasteiger partial charge on any atom is -0.366 e. The highest BCUT2D eigenvalue weighted by molar-refractivity contribution is 5.62. The molecule has 0 spiro atoms. The van der Waals surface area contributed by atoms with Crippen LogP contribution in [0.4, 0.5) is 17.5 Å². The van der Waals surface area contributed by atoms with Gasteiger partial charge in [-0.25, -0.2) is 9.67 Å². The van der Waals surface area contributed by atoms with Gasteiger partial charge in [-0.3, -0.25) is 4.90 Å². The maximum Gasteiger partial charge on any atom is 0.229 e. The van der Waals surface area contributed by atoms with Gasteiger partial charge in [-0.2, -0.15) is 10.2 Å². The molecule has 1 fully saturated rings. The van der Waals surface area contributed by atoms with E-state index in [1.54, 1.807) is 17.2 Å². The lowest BCUT2D eigenvalue weighted by atomic mass is 9.77. The predicted molar refractivity (Wildman–Crippen MR) is 126 cm³/mol. The Labute approximate surface area is 194 Å². The molecule has 10 nitrogen and oxygen atoms in total. The number of aryl methyl sites for hydroxylation is 1. The summed E-state index contributed by atoms with van der Waals surface area (Å²) in [7, 11) is 2.18. The van der Waals surface area contributed by atoms with Gasteiger partial charge >= 0.3 is 0 Å². The standard InChI is InChI=1S/C23H30N10/c1-15-7-8-17(9-19(15)33-14-26-30-31-33)28-21-25-13-16(12-24)20(29-21)27-18-10-22(2,3)32(6)23(4,5)11-18/h7-9,13-14,18H,10-11H2,1-6H3,(H2,25,27,28,29). The predicted octanol–water partition coefficient (Wildman–Crippen LogP) is 3.44. The van der Waals surface area contributed by atoms with Crippen LogP contribution < -0.4 is 10.6 Å². The van der Waals surface area contributed by atoms with Crippen molar-refractivity contribution in [2.24, 2.45) is 0 Å². The fourth-order valence-corrected chi connectivity index (χ4v) is 4.64. The summed E-state index contributed by atoms with van der Waals surface area (Å²) < 4.78 is 1.61. The number of nitrogens with one attached hydrogen (secondary N) is 2. The molecule has 0 aliphatic carbocycles. The fourth-order valence-electron chi connectivity index (χ4n) is 4.64. The molecule has 3 heterocycles. The molecule has 2 aromatic heterocycles. The summed E-state index contributed by atoms with van der Waals surface area (Å²) in [5.74, 6) is 0.957. The molecular weight excluding hydrogens is 416 g/mol. The van der Waals surface area contributed by atoms with Crippen molar-refractivity contribution in [2.75, 3.05) is 17.7 Å². The molecule has 1 aromatic carbocycles. The molecule has 0 radical (unpaired) electrons. The van der Waals surface area contributed by atoms with E-state index in [0.29, 0.717) is 17.3 Å². The van der Waals surface area contributed by atoms with E-state index in [-0.39, 0.29) is 17.1 Å². The van der Waals surface area contributed by atoms with Crippen molar-refractivity contribution in [3.63, 3.8) is 0 Å². The van der Waals surface area contributed by atoms with E-state index in [2.05, 4.69) is 81.8 Å². The van der Waals surface area contributed by atoms with Gasteiger partial charge in [0.25, 0.3) is 0 Å². The second-order valence-corrected chi connectivity index (χ2v) is 9.88. The molecule has 0 unspecified atom stereocenters. The second kappa shape index (κ2) is 8.41. The van der Waals surface area contributed by atoms with E-state index < -0.39 is 0 Å². The van der Waals surface area contributed by atoms with Crippen molar-refractivity contribution in [3.8, 4) is 11.8 Å². The Morgan fingerprint density at radius 2 is 1.88 bits per heavy atom. The summed E-state index contributed by atoms with van der Waals surface area (Å²) in [6.45, 7) is 11.0. The largest absolute Gasteiger partial charge is 0.366 e. The van der Waals surface area contributed by atoms with Crippen LogP contribution in [0.25, 0.3) is 5.69 Å². The van der Waals surface area contributed by atoms with Crippen LogP contribution in [0, 0.1) is 18.3 Å². The first-order chi connectivity index (χ1) is 15.6. The van der Waals surface area contributed by atoms with Gasteiger partial charge in [-0.1, -0.05) is 6.07 Å². The zero-order valence-electron chi connectivity index (χ0n) is 20.0. The molecule has 0 bridgehead atoms. The molecule has 3 aromatic rings. The van der Waals surface area contributed by atoms with Crippen molar-refractivity contribution >= 4 is 17.5 Å². The lowest BCUT2D eigenvalue weighted by molar-refractivity contribution is -0.00772. The third-order valence-corrected chi connectivity index (χ3v) is 6.62. The van der Waals surface area contributed by atoms with Crippen LogP contribution in [0.5, 0.6) is 0 Å². The molecule has 1 aliphatic rings. The number of nitrogens with zero attached hydrogens (tertiary/aromatic N) is 8. The van der Waals surface area contributed by atoms with Crippen molar-refractivity contribution in [1.29, 1.82) is 5.26 Å². The van der Waals surface area contributed by atoms with Gasteiger partial charge in [0.1, 0.15) is 23.8 Å². The van der Waals surface area contributed by atoms with Gasteiger partial charge in [0.05, 0.1) is 11.9 Å². The maximum absolute atomic E-state index is 9.63. The Morgan fingerprint density at radius 1 is 1.15 bits per heavy atom. The minimum absolute atomic E-state index is 0.0227. The highest BCUT2D eigenvalue weighted by Crippen LogP contribution is 2.38. The van der Waals surface area contributed by atoms with Gasteiger partial charge < -0.3 is 10.6 Å². The highest BCUT2D eigenvalue weighted by atomic mass is 15.5. The fraction of sp³-hybridized carbons (Fsp3) is 0.478. The smallest absolute Gasteiger partial charge is 0.229 e. The quantitative estimate of drug-likeness (QED) is 0.607. The maximum atomic E-state index is 9.63. The highest BCUT2D eigenvalue weighted by Gasteiger charge is 2.43. The lowest BCUT2D eigenvalue weighted by Gasteiger charge is -2.53. The topological polar surface area (TPSA) is 120 Å². The summed E-state index contributed by atoms with van der Waals surface area (Å²) in [5, 5.41) is 27.8. The van der Waals surface area contributed by atoms with E-state index in [1.807, 2.05) is 25.1 Å². The number of benzene rings is 1. The van der Waals surface area contributed by atoms with Gasteiger partial charge in [0, 0.05) is 22.8 Å². The van der Waals surface area contributed by atoms with Crippen LogP contribution in [-0.4, -0.2) is 59.2 Å². The molecule has 10 heteroatoms. The number of hydrogen-bond acceptors (Lipinski definition) is 9. The van der Waals surface area contributed by atoms with Crippen LogP contribution in [0.3, 0.4) is 0 Å². The summed E-state index contributed by atoms with van der Waals surface area (Å²) >= 11 is 0. The van der Waals surface area contributed by atoms with Crippen molar-refractivity contribution in [1.82, 2.24) is 35.1 Å². The third-order valence-electron chi connectivity index (χ3n) is 6.62. The number of hydrogen-bond donors (Lipinski definition) is 2. The molecule has 172 valence electrons. The monoisotopic (exact) mass is 446 g/mol. The van der Waals surface area contributed by atoms with Crippen molar-refractivity contribution in [2.45, 2.75) is 64.6 Å². The lowest BCUT2D eigenvalue weighted by Crippen LogP contribution is -2.61. The number of likely N-dealkylation sites (tertiary alicyclic amines) is 1. The summed E-state index contributed by atoms with van der Waals surface area (Å²) in [4.78, 5) is 11.4.